The van der Waals surface area contributed by atoms with Crippen LogP contribution in [0.25, 0.3) is 0 Å². The van der Waals surface area contributed by atoms with Gasteiger partial charge in [-0.05, 0) is 19.3 Å². The van der Waals surface area contributed by atoms with Crippen LogP contribution in [0, 0.1) is 0 Å². The molecule has 0 aromatic carbocycles. The summed E-state index contributed by atoms with van der Waals surface area (Å²) in [5.74, 6) is -1.05. The number of likely N-dealkylation sites (N-methyl/N-ethyl adjacent to an activating group) is 1. The summed E-state index contributed by atoms with van der Waals surface area (Å²) in [6.45, 7) is 4.25. The van der Waals surface area contributed by atoms with Crippen molar-refractivity contribution in [2.24, 2.45) is 0 Å². The molecule has 9 nitrogen and oxygen atoms in total. The zero-order valence-corrected chi connectivity index (χ0v) is 32.4. The molecule has 0 aliphatic carbocycles. The van der Waals surface area contributed by atoms with Gasteiger partial charge in [0.15, 0.2) is 6.10 Å². The number of allylic oxidation sites excluding steroid dienone is 3. The smallest absolute Gasteiger partial charge is 0.458 e. The molecule has 0 bridgehead atoms. The first kappa shape index (κ1) is 46.5. The number of hydrogen-bond donors (Lipinski definition) is 1. The van der Waals surface area contributed by atoms with Crippen molar-refractivity contribution < 1.29 is 42.1 Å². The molecule has 0 saturated heterocycles. The zero-order valence-electron chi connectivity index (χ0n) is 31.5. The minimum absolute atomic E-state index is 0.0207. The summed E-state index contributed by atoms with van der Waals surface area (Å²) in [5.41, 5.74) is 0. The lowest BCUT2D eigenvalue weighted by molar-refractivity contribution is -0.870. The molecule has 0 amide bonds. The van der Waals surface area contributed by atoms with Crippen LogP contribution in [0.4, 0.5) is 0 Å². The van der Waals surface area contributed by atoms with Gasteiger partial charge in [0.1, 0.15) is 19.8 Å². The first-order chi connectivity index (χ1) is 23.0. The Morgan fingerprint density at radius 2 is 1.19 bits per heavy atom. The van der Waals surface area contributed by atoms with Crippen LogP contribution in [0.15, 0.2) is 24.3 Å². The Morgan fingerprint density at radius 1 is 0.688 bits per heavy atom. The number of ether oxygens (including phenoxy) is 2. The number of carbonyl (C=O) groups is 2. The van der Waals surface area contributed by atoms with Crippen LogP contribution in [0.2, 0.25) is 0 Å². The Morgan fingerprint density at radius 3 is 1.71 bits per heavy atom. The zero-order chi connectivity index (χ0) is 35.8. The molecule has 48 heavy (non-hydrogen) atoms. The molecule has 0 aliphatic rings. The largest absolute Gasteiger partial charge is 0.472 e. The van der Waals surface area contributed by atoms with E-state index in [9.17, 15) is 19.0 Å². The minimum Gasteiger partial charge on any atom is -0.458 e. The van der Waals surface area contributed by atoms with Crippen LogP contribution in [-0.4, -0.2) is 74.9 Å². The molecule has 0 fully saturated rings. The molecule has 10 heteroatoms. The van der Waals surface area contributed by atoms with Crippen LogP contribution >= 0.6 is 7.82 Å². The second-order valence-corrected chi connectivity index (χ2v) is 15.5. The molecular weight excluding hydrogens is 629 g/mol. The van der Waals surface area contributed by atoms with Crippen molar-refractivity contribution in [3.8, 4) is 0 Å². The van der Waals surface area contributed by atoms with E-state index in [0.29, 0.717) is 17.4 Å². The SMILES string of the molecule is CCCCCCCCCCCCC/C=C/C=C/C(=O)OC[C@@H](COP(=O)(O)OCC[N+](C)(C)C)OC(=O)CCCCCCCCCCC. The molecule has 282 valence electrons. The van der Waals surface area contributed by atoms with Gasteiger partial charge in [-0.15, -0.1) is 0 Å². The highest BCUT2D eigenvalue weighted by molar-refractivity contribution is 7.47. The van der Waals surface area contributed by atoms with E-state index in [-0.39, 0.29) is 19.6 Å². The number of esters is 2. The molecule has 0 aliphatic heterocycles. The van der Waals surface area contributed by atoms with Crippen LogP contribution in [-0.2, 0) is 32.7 Å². The van der Waals surface area contributed by atoms with Crippen LogP contribution < -0.4 is 0 Å². The van der Waals surface area contributed by atoms with E-state index < -0.39 is 32.5 Å². The number of phosphoric acid groups is 1. The maximum Gasteiger partial charge on any atom is 0.472 e. The highest BCUT2D eigenvalue weighted by atomic mass is 31.2. The topological polar surface area (TPSA) is 108 Å². The first-order valence-electron chi connectivity index (χ1n) is 19.1. The highest BCUT2D eigenvalue weighted by Gasteiger charge is 2.26. The lowest BCUT2D eigenvalue weighted by Gasteiger charge is -2.24. The van der Waals surface area contributed by atoms with E-state index in [1.807, 2.05) is 33.3 Å². The van der Waals surface area contributed by atoms with E-state index in [2.05, 4.69) is 13.8 Å². The number of rotatable bonds is 34. The van der Waals surface area contributed by atoms with Crippen LogP contribution in [0.3, 0.4) is 0 Å². The van der Waals surface area contributed by atoms with Gasteiger partial charge in [0.05, 0.1) is 27.7 Å². The summed E-state index contributed by atoms with van der Waals surface area (Å²) >= 11 is 0. The van der Waals surface area contributed by atoms with E-state index in [0.717, 1.165) is 32.1 Å². The van der Waals surface area contributed by atoms with Gasteiger partial charge in [0.2, 0.25) is 0 Å². The van der Waals surface area contributed by atoms with Crippen LogP contribution in [0.1, 0.15) is 155 Å². The third-order valence-corrected chi connectivity index (χ3v) is 9.07. The second kappa shape index (κ2) is 31.5. The average Bonchev–Trinajstić information content (AvgIpc) is 3.02. The van der Waals surface area contributed by atoms with Gasteiger partial charge in [0.25, 0.3) is 0 Å². The maximum atomic E-state index is 12.5. The van der Waals surface area contributed by atoms with Gasteiger partial charge >= 0.3 is 19.8 Å². The fourth-order valence-electron chi connectivity index (χ4n) is 5.04. The molecular formula is C38H73NO8P+. The molecule has 2 atom stereocenters. The molecule has 1 N–H and O–H groups in total. The molecule has 0 radical (unpaired) electrons. The van der Waals surface area contributed by atoms with Gasteiger partial charge in [-0.25, -0.2) is 9.36 Å². The van der Waals surface area contributed by atoms with Gasteiger partial charge in [-0.2, -0.15) is 0 Å². The molecule has 0 rings (SSSR count). The average molecular weight is 703 g/mol. The van der Waals surface area contributed by atoms with Gasteiger partial charge in [-0.3, -0.25) is 13.8 Å². The van der Waals surface area contributed by atoms with Crippen molar-refractivity contribution in [1.82, 2.24) is 0 Å². The Bertz CT molecular complexity index is 886. The fraction of sp³-hybridized carbons (Fsp3) is 0.842. The molecule has 0 heterocycles. The third kappa shape index (κ3) is 34.4. The molecule has 0 spiro atoms. The summed E-state index contributed by atoms with van der Waals surface area (Å²) in [4.78, 5) is 34.9. The van der Waals surface area contributed by atoms with Crippen molar-refractivity contribution in [2.75, 3.05) is 47.5 Å². The minimum atomic E-state index is -4.38. The summed E-state index contributed by atoms with van der Waals surface area (Å²) < 4.78 is 33.9. The van der Waals surface area contributed by atoms with E-state index >= 15 is 0 Å². The molecule has 0 aromatic rings. The fourth-order valence-corrected chi connectivity index (χ4v) is 5.79. The van der Waals surface area contributed by atoms with Gasteiger partial charge in [0, 0.05) is 12.5 Å². The van der Waals surface area contributed by atoms with Gasteiger partial charge < -0.3 is 18.9 Å². The van der Waals surface area contributed by atoms with Gasteiger partial charge in [-0.1, -0.05) is 148 Å². The number of nitrogens with zero attached hydrogens (tertiary/aromatic N) is 1. The monoisotopic (exact) mass is 703 g/mol. The van der Waals surface area contributed by atoms with E-state index in [1.54, 1.807) is 6.08 Å². The predicted molar refractivity (Wildman–Crippen MR) is 197 cm³/mol. The Labute approximate surface area is 294 Å². The molecule has 0 aromatic heterocycles. The van der Waals surface area contributed by atoms with Crippen LogP contribution in [0.5, 0.6) is 0 Å². The predicted octanol–water partition coefficient (Wildman–Crippen LogP) is 10.0. The van der Waals surface area contributed by atoms with Crippen molar-refractivity contribution in [3.63, 3.8) is 0 Å². The number of hydrogen-bond acceptors (Lipinski definition) is 7. The summed E-state index contributed by atoms with van der Waals surface area (Å²) in [6.07, 6.45) is 31.5. The number of unbranched alkanes of at least 4 members (excludes halogenated alkanes) is 19. The summed E-state index contributed by atoms with van der Waals surface area (Å²) in [5, 5.41) is 0. The number of phosphoric ester groups is 1. The Balaban J connectivity index is 4.51. The first-order valence-corrected chi connectivity index (χ1v) is 20.6. The second-order valence-electron chi connectivity index (χ2n) is 14.0. The lowest BCUT2D eigenvalue weighted by atomic mass is 10.1. The van der Waals surface area contributed by atoms with Crippen molar-refractivity contribution in [3.05, 3.63) is 24.3 Å². The maximum absolute atomic E-state index is 12.5. The highest BCUT2D eigenvalue weighted by Crippen LogP contribution is 2.43. The molecule has 1 unspecified atom stereocenters. The number of quaternary nitrogens is 1. The summed E-state index contributed by atoms with van der Waals surface area (Å²) in [6, 6.07) is 0. The molecule has 0 saturated carbocycles. The number of carbonyl (C=O) groups excluding carboxylic acids is 2. The van der Waals surface area contributed by atoms with E-state index in [4.69, 9.17) is 18.5 Å². The third-order valence-electron chi connectivity index (χ3n) is 8.09. The van der Waals surface area contributed by atoms with E-state index in [1.165, 1.54) is 102 Å². The lowest BCUT2D eigenvalue weighted by Crippen LogP contribution is -2.37. The van der Waals surface area contributed by atoms with Crippen molar-refractivity contribution in [1.29, 1.82) is 0 Å². The Hall–Kier alpha value is -1.51. The van der Waals surface area contributed by atoms with Crippen molar-refractivity contribution >= 4 is 19.8 Å². The standard InChI is InChI=1S/C38H72NO8P/c1-6-8-10-12-14-16-17-18-19-20-21-23-24-26-28-30-37(40)44-34-36(35-46-48(42,43)45-33-32-39(3,4)5)47-38(41)31-29-27-25-22-15-13-11-9-7-2/h24,26,28,30,36H,6-23,25,27,29,31-35H2,1-5H3/p+1/b26-24+,30-28+/t36-/m0/s1. The quantitative estimate of drug-likeness (QED) is 0.0176. The normalized spacial score (nSPS) is 14.0. The van der Waals surface area contributed by atoms with Crippen molar-refractivity contribution in [2.45, 2.75) is 161 Å². The summed E-state index contributed by atoms with van der Waals surface area (Å²) in [7, 11) is 1.44. The Kier molecular flexibility index (Phi) is 30.5.